The number of anilines is 1. The Bertz CT molecular complexity index is 437. The minimum absolute atomic E-state index is 0.136. The molecule has 0 aliphatic rings. The fraction of sp³-hybridized carbons (Fsp3) is 0.500. The number of aromatic nitrogens is 5. The molecule has 3 N–H and O–H groups in total. The minimum atomic E-state index is 0.136. The van der Waals surface area contributed by atoms with Crippen LogP contribution in [0.4, 0.5) is 5.82 Å². The van der Waals surface area contributed by atoms with E-state index in [1.807, 2.05) is 13.0 Å². The molecule has 7 nitrogen and oxygen atoms in total. The van der Waals surface area contributed by atoms with Gasteiger partial charge in [0.2, 0.25) is 0 Å². The number of rotatable bonds is 4. The van der Waals surface area contributed by atoms with Crippen molar-refractivity contribution in [2.24, 2.45) is 5.73 Å². The van der Waals surface area contributed by atoms with Gasteiger partial charge in [-0.2, -0.15) is 0 Å². The molecule has 80 valence electrons. The highest BCUT2D eigenvalue weighted by Gasteiger charge is 2.02. The van der Waals surface area contributed by atoms with Crippen LogP contribution in [0, 0.1) is 0 Å². The number of nitrogens with zero attached hydrogens (tertiary/aromatic N) is 5. The predicted octanol–water partition coefficient (Wildman–Crippen LogP) is -0.332. The monoisotopic (exact) mass is 207 g/mol. The molecule has 7 heteroatoms. The summed E-state index contributed by atoms with van der Waals surface area (Å²) in [5.74, 6) is 0.721. The third-order valence-corrected chi connectivity index (χ3v) is 2.14. The van der Waals surface area contributed by atoms with Gasteiger partial charge in [-0.15, -0.1) is 14.8 Å². The molecule has 0 aliphatic carbocycles. The zero-order valence-electron chi connectivity index (χ0n) is 8.46. The molecule has 2 rings (SSSR count). The summed E-state index contributed by atoms with van der Waals surface area (Å²) in [6.07, 6.45) is 0.931. The summed E-state index contributed by atoms with van der Waals surface area (Å²) >= 11 is 0. The van der Waals surface area contributed by atoms with Gasteiger partial charge in [0.25, 0.3) is 0 Å². The van der Waals surface area contributed by atoms with Crippen molar-refractivity contribution in [3.8, 4) is 0 Å². The summed E-state index contributed by atoms with van der Waals surface area (Å²) < 4.78 is 1.37. The second kappa shape index (κ2) is 4.18. The molecule has 0 saturated heterocycles. The maximum absolute atomic E-state index is 5.78. The van der Waals surface area contributed by atoms with E-state index in [0.29, 0.717) is 12.2 Å². The third-order valence-electron chi connectivity index (χ3n) is 2.14. The molecule has 2 aromatic rings. The van der Waals surface area contributed by atoms with Gasteiger partial charge in [0.1, 0.15) is 5.82 Å². The Kier molecular flexibility index (Phi) is 2.72. The molecule has 2 heterocycles. The normalized spacial score (nSPS) is 12.9. The van der Waals surface area contributed by atoms with Crippen LogP contribution >= 0.6 is 0 Å². The SMILES string of the molecule is CCC(N)CNc1ccc2nnnn2n1. The summed E-state index contributed by atoms with van der Waals surface area (Å²) in [7, 11) is 0. The van der Waals surface area contributed by atoms with Crippen LogP contribution in [0.2, 0.25) is 0 Å². The molecule has 2 aromatic heterocycles. The largest absolute Gasteiger partial charge is 0.367 e. The molecular weight excluding hydrogens is 194 g/mol. The van der Waals surface area contributed by atoms with Crippen LogP contribution in [0.1, 0.15) is 13.3 Å². The van der Waals surface area contributed by atoms with Gasteiger partial charge >= 0.3 is 0 Å². The number of hydrogen-bond acceptors (Lipinski definition) is 6. The fourth-order valence-electron chi connectivity index (χ4n) is 1.12. The zero-order chi connectivity index (χ0) is 10.7. The molecule has 0 amide bonds. The molecule has 0 aliphatic heterocycles. The zero-order valence-corrected chi connectivity index (χ0v) is 8.46. The van der Waals surface area contributed by atoms with Crippen molar-refractivity contribution in [1.29, 1.82) is 0 Å². The van der Waals surface area contributed by atoms with Gasteiger partial charge in [-0.25, -0.2) is 0 Å². The fourth-order valence-corrected chi connectivity index (χ4v) is 1.12. The van der Waals surface area contributed by atoms with Crippen molar-refractivity contribution in [2.45, 2.75) is 19.4 Å². The van der Waals surface area contributed by atoms with Crippen molar-refractivity contribution in [1.82, 2.24) is 25.3 Å². The maximum atomic E-state index is 5.78. The Morgan fingerprint density at radius 3 is 3.20 bits per heavy atom. The average molecular weight is 207 g/mol. The van der Waals surface area contributed by atoms with Gasteiger partial charge in [0.15, 0.2) is 5.65 Å². The Morgan fingerprint density at radius 1 is 1.53 bits per heavy atom. The number of hydrogen-bond donors (Lipinski definition) is 2. The Balaban J connectivity index is 2.08. The van der Waals surface area contributed by atoms with Crippen LogP contribution in [0.15, 0.2) is 12.1 Å². The molecular formula is C8H13N7. The van der Waals surface area contributed by atoms with Gasteiger partial charge in [-0.3, -0.25) is 0 Å². The number of nitrogens with two attached hydrogens (primary N) is 1. The standard InChI is InChI=1S/C8H13N7/c1-2-6(9)5-10-7-3-4-8-11-13-14-15(8)12-7/h3-4,6H,2,5,9H2,1H3,(H,10,12). The second-order valence-electron chi connectivity index (χ2n) is 3.29. The molecule has 0 spiro atoms. The number of nitrogens with one attached hydrogen (secondary N) is 1. The highest BCUT2D eigenvalue weighted by Crippen LogP contribution is 2.03. The summed E-state index contributed by atoms with van der Waals surface area (Å²) in [5.41, 5.74) is 6.40. The van der Waals surface area contributed by atoms with Crippen LogP contribution in [0.25, 0.3) is 5.65 Å². The van der Waals surface area contributed by atoms with E-state index >= 15 is 0 Å². The van der Waals surface area contributed by atoms with Crippen LogP contribution < -0.4 is 11.1 Å². The summed E-state index contributed by atoms with van der Waals surface area (Å²) in [6, 6.07) is 3.76. The molecule has 0 aromatic carbocycles. The Hall–Kier alpha value is -1.76. The minimum Gasteiger partial charge on any atom is -0.367 e. The molecule has 0 saturated carbocycles. The van der Waals surface area contributed by atoms with Gasteiger partial charge in [0.05, 0.1) is 0 Å². The molecule has 0 radical (unpaired) electrons. The quantitative estimate of drug-likeness (QED) is 0.712. The van der Waals surface area contributed by atoms with Crippen molar-refractivity contribution >= 4 is 11.5 Å². The first-order chi connectivity index (χ1) is 7.29. The van der Waals surface area contributed by atoms with Crippen molar-refractivity contribution < 1.29 is 0 Å². The first-order valence-electron chi connectivity index (χ1n) is 4.84. The maximum Gasteiger partial charge on any atom is 0.200 e. The molecule has 0 fully saturated rings. The van der Waals surface area contributed by atoms with E-state index in [0.717, 1.165) is 12.2 Å². The topological polar surface area (TPSA) is 94.0 Å². The molecule has 0 bridgehead atoms. The van der Waals surface area contributed by atoms with Gasteiger partial charge in [-0.05, 0) is 29.0 Å². The molecule has 15 heavy (non-hydrogen) atoms. The lowest BCUT2D eigenvalue weighted by Gasteiger charge is -2.09. The second-order valence-corrected chi connectivity index (χ2v) is 3.29. The summed E-state index contributed by atoms with van der Waals surface area (Å²) in [4.78, 5) is 0. The van der Waals surface area contributed by atoms with E-state index in [1.54, 1.807) is 6.07 Å². The third kappa shape index (κ3) is 2.18. The van der Waals surface area contributed by atoms with E-state index in [-0.39, 0.29) is 6.04 Å². The smallest absolute Gasteiger partial charge is 0.200 e. The molecule has 1 atom stereocenters. The highest BCUT2D eigenvalue weighted by atomic mass is 15.6. The lowest BCUT2D eigenvalue weighted by Crippen LogP contribution is -2.28. The number of tetrazole rings is 1. The van der Waals surface area contributed by atoms with Crippen LogP contribution in [-0.2, 0) is 0 Å². The summed E-state index contributed by atoms with van der Waals surface area (Å²) in [5, 5.41) is 18.2. The van der Waals surface area contributed by atoms with Crippen molar-refractivity contribution in [3.05, 3.63) is 12.1 Å². The van der Waals surface area contributed by atoms with Crippen LogP contribution in [-0.4, -0.2) is 37.8 Å². The lowest BCUT2D eigenvalue weighted by molar-refractivity contribution is 0.672. The first-order valence-corrected chi connectivity index (χ1v) is 4.84. The Morgan fingerprint density at radius 2 is 2.40 bits per heavy atom. The van der Waals surface area contributed by atoms with Gasteiger partial charge < -0.3 is 11.1 Å². The van der Waals surface area contributed by atoms with E-state index < -0.39 is 0 Å². The average Bonchev–Trinajstić information content (AvgIpc) is 2.72. The van der Waals surface area contributed by atoms with Crippen molar-refractivity contribution in [3.63, 3.8) is 0 Å². The van der Waals surface area contributed by atoms with Gasteiger partial charge in [-0.1, -0.05) is 6.92 Å². The molecule has 1 unspecified atom stereocenters. The van der Waals surface area contributed by atoms with Crippen LogP contribution in [0.3, 0.4) is 0 Å². The highest BCUT2D eigenvalue weighted by molar-refractivity contribution is 5.42. The van der Waals surface area contributed by atoms with E-state index in [1.165, 1.54) is 4.63 Å². The lowest BCUT2D eigenvalue weighted by atomic mass is 10.2. The predicted molar refractivity (Wildman–Crippen MR) is 55.3 cm³/mol. The number of fused-ring (bicyclic) bond motifs is 1. The first kappa shape index (κ1) is 9.78. The van der Waals surface area contributed by atoms with E-state index in [4.69, 9.17) is 5.73 Å². The van der Waals surface area contributed by atoms with Crippen LogP contribution in [0.5, 0.6) is 0 Å². The van der Waals surface area contributed by atoms with E-state index in [9.17, 15) is 0 Å². The van der Waals surface area contributed by atoms with Crippen molar-refractivity contribution in [2.75, 3.05) is 11.9 Å². The summed E-state index contributed by atoms with van der Waals surface area (Å²) in [6.45, 7) is 2.74. The van der Waals surface area contributed by atoms with Gasteiger partial charge in [0, 0.05) is 12.6 Å². The Labute approximate surface area is 86.7 Å². The van der Waals surface area contributed by atoms with E-state index in [2.05, 4.69) is 25.9 Å².